The summed E-state index contributed by atoms with van der Waals surface area (Å²) in [7, 11) is 0. The minimum absolute atomic E-state index is 0.164. The number of hydrogen-bond acceptors (Lipinski definition) is 5. The van der Waals surface area contributed by atoms with E-state index in [9.17, 15) is 0 Å². The van der Waals surface area contributed by atoms with Crippen molar-refractivity contribution in [2.24, 2.45) is 0 Å². The van der Waals surface area contributed by atoms with E-state index < -0.39 is 0 Å². The molecule has 19 heavy (non-hydrogen) atoms. The van der Waals surface area contributed by atoms with Crippen molar-refractivity contribution in [3.63, 3.8) is 0 Å². The molecule has 98 valence electrons. The highest BCUT2D eigenvalue weighted by Crippen LogP contribution is 2.24. The van der Waals surface area contributed by atoms with Gasteiger partial charge in [0, 0.05) is 9.75 Å². The minimum Gasteiger partial charge on any atom is -0.368 e. The van der Waals surface area contributed by atoms with E-state index in [1.165, 1.54) is 15.3 Å². The number of nitrogen functional groups attached to an aromatic ring is 1. The van der Waals surface area contributed by atoms with E-state index in [1.807, 2.05) is 4.57 Å². The molecular weight excluding hydrogens is 282 g/mol. The van der Waals surface area contributed by atoms with E-state index in [-0.39, 0.29) is 5.95 Å². The molecular formula is C12H12ClN5S. The van der Waals surface area contributed by atoms with Gasteiger partial charge < -0.3 is 10.3 Å². The van der Waals surface area contributed by atoms with E-state index in [2.05, 4.69) is 34.9 Å². The second-order valence-electron chi connectivity index (χ2n) is 4.36. The van der Waals surface area contributed by atoms with Gasteiger partial charge in [0.25, 0.3) is 0 Å². The summed E-state index contributed by atoms with van der Waals surface area (Å²) < 4.78 is 1.94. The van der Waals surface area contributed by atoms with Gasteiger partial charge in [-0.15, -0.1) is 11.3 Å². The number of imidazole rings is 1. The lowest BCUT2D eigenvalue weighted by Gasteiger charge is -2.03. The van der Waals surface area contributed by atoms with Gasteiger partial charge in [-0.25, -0.2) is 4.98 Å². The molecule has 0 aromatic carbocycles. The minimum atomic E-state index is 0.164. The Kier molecular flexibility index (Phi) is 2.91. The molecule has 7 heteroatoms. The lowest BCUT2D eigenvalue weighted by atomic mass is 10.2. The molecule has 0 aliphatic carbocycles. The zero-order valence-electron chi connectivity index (χ0n) is 10.5. The van der Waals surface area contributed by atoms with Crippen LogP contribution in [0.4, 0.5) is 5.95 Å². The number of halogens is 1. The normalized spacial score (nSPS) is 11.3. The predicted octanol–water partition coefficient (Wildman–Crippen LogP) is 2.79. The first-order valence-corrected chi connectivity index (χ1v) is 6.94. The van der Waals surface area contributed by atoms with Gasteiger partial charge in [-0.2, -0.15) is 9.97 Å². The van der Waals surface area contributed by atoms with Crippen molar-refractivity contribution in [2.75, 3.05) is 5.73 Å². The number of hydrogen-bond donors (Lipinski definition) is 1. The first kappa shape index (κ1) is 12.4. The molecule has 3 aromatic heterocycles. The fourth-order valence-electron chi connectivity index (χ4n) is 2.07. The number of nitrogens with zero attached hydrogens (tertiary/aromatic N) is 4. The Bertz CT molecular complexity index is 761. The Morgan fingerprint density at radius 1 is 1.37 bits per heavy atom. The van der Waals surface area contributed by atoms with Crippen LogP contribution in [0.25, 0.3) is 11.2 Å². The van der Waals surface area contributed by atoms with Crippen LogP contribution in [-0.2, 0) is 6.54 Å². The molecule has 0 radical (unpaired) electrons. The second kappa shape index (κ2) is 4.47. The number of nitrogens with two attached hydrogens (primary N) is 1. The van der Waals surface area contributed by atoms with Gasteiger partial charge in [-0.3, -0.25) is 0 Å². The van der Waals surface area contributed by atoms with Crippen LogP contribution < -0.4 is 5.73 Å². The first-order valence-electron chi connectivity index (χ1n) is 5.74. The third-order valence-corrected chi connectivity index (χ3v) is 4.19. The fraction of sp³-hybridized carbons (Fsp3) is 0.250. The van der Waals surface area contributed by atoms with Crippen molar-refractivity contribution in [1.29, 1.82) is 0 Å². The molecule has 0 aliphatic rings. The molecule has 3 aromatic rings. The second-order valence-corrected chi connectivity index (χ2v) is 6.17. The molecule has 0 bridgehead atoms. The van der Waals surface area contributed by atoms with Crippen molar-refractivity contribution in [3.8, 4) is 0 Å². The number of aryl methyl sites for hydroxylation is 2. The summed E-state index contributed by atoms with van der Waals surface area (Å²) in [4.78, 5) is 15.0. The average molecular weight is 294 g/mol. The summed E-state index contributed by atoms with van der Waals surface area (Å²) in [6.45, 7) is 4.92. The lowest BCUT2D eigenvalue weighted by molar-refractivity contribution is 0.812. The summed E-state index contributed by atoms with van der Waals surface area (Å²) in [6.07, 6.45) is 1.72. The highest BCUT2D eigenvalue weighted by molar-refractivity contribution is 7.12. The van der Waals surface area contributed by atoms with Crippen molar-refractivity contribution in [3.05, 3.63) is 32.9 Å². The molecule has 0 unspecified atom stereocenters. The Morgan fingerprint density at radius 2 is 2.16 bits per heavy atom. The molecule has 0 fully saturated rings. The van der Waals surface area contributed by atoms with Gasteiger partial charge in [0.05, 0.1) is 12.9 Å². The molecule has 0 aliphatic heterocycles. The third-order valence-electron chi connectivity index (χ3n) is 2.92. The molecule has 3 heterocycles. The Balaban J connectivity index is 2.09. The maximum atomic E-state index is 6.01. The number of thiophene rings is 1. The van der Waals surface area contributed by atoms with Gasteiger partial charge in [0.2, 0.25) is 5.95 Å². The summed E-state index contributed by atoms with van der Waals surface area (Å²) in [6, 6.07) is 2.18. The van der Waals surface area contributed by atoms with E-state index in [4.69, 9.17) is 17.3 Å². The molecule has 0 amide bonds. The zero-order chi connectivity index (χ0) is 13.6. The van der Waals surface area contributed by atoms with Crippen LogP contribution in [0.3, 0.4) is 0 Å². The number of rotatable bonds is 2. The third kappa shape index (κ3) is 2.17. The fourth-order valence-corrected chi connectivity index (χ4v) is 3.22. The van der Waals surface area contributed by atoms with Crippen LogP contribution in [0.2, 0.25) is 5.15 Å². The maximum Gasteiger partial charge on any atom is 0.223 e. The van der Waals surface area contributed by atoms with Crippen molar-refractivity contribution >= 4 is 40.0 Å². The summed E-state index contributed by atoms with van der Waals surface area (Å²) in [5, 5.41) is 0.291. The Hall–Kier alpha value is -1.66. The summed E-state index contributed by atoms with van der Waals surface area (Å²) >= 11 is 7.79. The number of anilines is 1. The molecule has 5 nitrogen and oxygen atoms in total. The molecule has 0 saturated carbocycles. The van der Waals surface area contributed by atoms with Crippen LogP contribution in [0.5, 0.6) is 0 Å². The molecule has 2 N–H and O–H groups in total. The van der Waals surface area contributed by atoms with Gasteiger partial charge in [0.15, 0.2) is 10.8 Å². The highest BCUT2D eigenvalue weighted by atomic mass is 35.5. The van der Waals surface area contributed by atoms with Crippen molar-refractivity contribution in [1.82, 2.24) is 19.5 Å². The largest absolute Gasteiger partial charge is 0.368 e. The molecule has 0 atom stereocenters. The first-order chi connectivity index (χ1) is 9.04. The SMILES string of the molecule is Cc1cc(Cn2cnc3c(Cl)nc(N)nc32)c(C)s1. The van der Waals surface area contributed by atoms with E-state index in [0.717, 1.165) is 0 Å². The maximum absolute atomic E-state index is 6.01. The zero-order valence-corrected chi connectivity index (χ0v) is 12.1. The van der Waals surface area contributed by atoms with Crippen molar-refractivity contribution < 1.29 is 0 Å². The van der Waals surface area contributed by atoms with Crippen LogP contribution in [0.1, 0.15) is 15.3 Å². The molecule has 3 rings (SSSR count). The topological polar surface area (TPSA) is 69.6 Å². The van der Waals surface area contributed by atoms with Gasteiger partial charge in [-0.1, -0.05) is 11.6 Å². The van der Waals surface area contributed by atoms with Crippen molar-refractivity contribution in [2.45, 2.75) is 20.4 Å². The summed E-state index contributed by atoms with van der Waals surface area (Å²) in [5.41, 5.74) is 8.14. The van der Waals surface area contributed by atoms with Gasteiger partial charge in [0.1, 0.15) is 5.52 Å². The predicted molar refractivity (Wildman–Crippen MR) is 77.6 cm³/mol. The van der Waals surface area contributed by atoms with E-state index >= 15 is 0 Å². The van der Waals surface area contributed by atoms with Crippen LogP contribution in [-0.4, -0.2) is 19.5 Å². The van der Waals surface area contributed by atoms with E-state index in [0.29, 0.717) is 22.9 Å². The monoisotopic (exact) mass is 293 g/mol. The Morgan fingerprint density at radius 3 is 2.84 bits per heavy atom. The average Bonchev–Trinajstić information content (AvgIpc) is 2.84. The molecule has 0 saturated heterocycles. The van der Waals surface area contributed by atoms with Gasteiger partial charge in [-0.05, 0) is 25.5 Å². The molecule has 0 spiro atoms. The van der Waals surface area contributed by atoms with Crippen LogP contribution >= 0.6 is 22.9 Å². The van der Waals surface area contributed by atoms with Crippen LogP contribution in [0.15, 0.2) is 12.4 Å². The Labute approximate surface area is 119 Å². The van der Waals surface area contributed by atoms with Gasteiger partial charge >= 0.3 is 0 Å². The smallest absolute Gasteiger partial charge is 0.223 e. The summed E-state index contributed by atoms with van der Waals surface area (Å²) in [5.74, 6) is 0.164. The lowest BCUT2D eigenvalue weighted by Crippen LogP contribution is -2.02. The standard InChI is InChI=1S/C12H12ClN5S/c1-6-3-8(7(2)19-6)4-18-5-15-9-10(13)16-12(14)17-11(9)18/h3,5H,4H2,1-2H3,(H2,14,16,17). The van der Waals surface area contributed by atoms with Crippen LogP contribution in [0, 0.1) is 13.8 Å². The number of fused-ring (bicyclic) bond motifs is 1. The number of aromatic nitrogens is 4. The van der Waals surface area contributed by atoms with E-state index in [1.54, 1.807) is 17.7 Å². The quantitative estimate of drug-likeness (QED) is 0.738. The highest BCUT2D eigenvalue weighted by Gasteiger charge is 2.12.